The Morgan fingerprint density at radius 2 is 1.95 bits per heavy atom. The number of nitrogens with zero attached hydrogens (tertiary/aromatic N) is 1. The molecule has 2 amide bonds. The Bertz CT molecular complexity index is 317. The highest BCUT2D eigenvalue weighted by Gasteiger charge is 2.27. The van der Waals surface area contributed by atoms with Crippen molar-refractivity contribution in [2.24, 2.45) is 0 Å². The largest absolute Gasteiger partial charge is 0.480 e. The van der Waals surface area contributed by atoms with Crippen molar-refractivity contribution in [2.45, 2.75) is 58.0 Å². The van der Waals surface area contributed by atoms with Gasteiger partial charge in [-0.3, -0.25) is 0 Å². The molecule has 116 valence electrons. The minimum absolute atomic E-state index is 0.215. The summed E-state index contributed by atoms with van der Waals surface area (Å²) in [6, 6.07) is -0.805. The van der Waals surface area contributed by atoms with Gasteiger partial charge in [0.25, 0.3) is 0 Å². The number of urea groups is 1. The van der Waals surface area contributed by atoms with Gasteiger partial charge in [-0.2, -0.15) is 0 Å². The van der Waals surface area contributed by atoms with E-state index in [9.17, 15) is 9.59 Å². The second-order valence-electron chi connectivity index (χ2n) is 5.30. The average Bonchev–Trinajstić information content (AvgIpc) is 2.45. The van der Waals surface area contributed by atoms with E-state index >= 15 is 0 Å². The Labute approximate surface area is 120 Å². The first-order valence-corrected chi connectivity index (χ1v) is 7.60. The van der Waals surface area contributed by atoms with Crippen LogP contribution in [-0.4, -0.2) is 53.7 Å². The van der Waals surface area contributed by atoms with Gasteiger partial charge in [-0.05, 0) is 38.8 Å². The smallest absolute Gasteiger partial charge is 0.326 e. The molecule has 0 spiro atoms. The van der Waals surface area contributed by atoms with Crippen LogP contribution in [0, 0.1) is 0 Å². The van der Waals surface area contributed by atoms with Crippen molar-refractivity contribution in [3.63, 3.8) is 0 Å². The van der Waals surface area contributed by atoms with Gasteiger partial charge in [0.1, 0.15) is 6.04 Å². The van der Waals surface area contributed by atoms with Gasteiger partial charge >= 0.3 is 12.0 Å². The SMILES string of the molecule is CCC[C@H](NC(=O)N(CCC)C1CCNCC1)C(=O)O. The van der Waals surface area contributed by atoms with Gasteiger partial charge in [-0.25, -0.2) is 9.59 Å². The normalized spacial score (nSPS) is 17.5. The summed E-state index contributed by atoms with van der Waals surface area (Å²) in [5.74, 6) is -0.957. The predicted molar refractivity (Wildman–Crippen MR) is 77.8 cm³/mol. The van der Waals surface area contributed by atoms with Crippen LogP contribution in [-0.2, 0) is 4.79 Å². The number of aliphatic carboxylic acids is 1. The van der Waals surface area contributed by atoms with Gasteiger partial charge in [-0.15, -0.1) is 0 Å². The van der Waals surface area contributed by atoms with Crippen molar-refractivity contribution < 1.29 is 14.7 Å². The van der Waals surface area contributed by atoms with Crippen LogP contribution in [0.5, 0.6) is 0 Å². The molecule has 1 heterocycles. The van der Waals surface area contributed by atoms with Crippen LogP contribution >= 0.6 is 0 Å². The first-order chi connectivity index (χ1) is 9.60. The van der Waals surface area contributed by atoms with E-state index in [-0.39, 0.29) is 12.1 Å². The molecule has 0 aliphatic carbocycles. The number of amides is 2. The Balaban J connectivity index is 2.64. The number of hydrogen-bond acceptors (Lipinski definition) is 3. The molecule has 0 bridgehead atoms. The third-order valence-electron chi connectivity index (χ3n) is 3.65. The maximum Gasteiger partial charge on any atom is 0.326 e. The van der Waals surface area contributed by atoms with Gasteiger partial charge in [0.15, 0.2) is 0 Å². The fourth-order valence-corrected chi connectivity index (χ4v) is 2.59. The average molecular weight is 285 g/mol. The molecule has 1 rings (SSSR count). The zero-order chi connectivity index (χ0) is 15.0. The Morgan fingerprint density at radius 1 is 1.30 bits per heavy atom. The molecule has 3 N–H and O–H groups in total. The second kappa shape index (κ2) is 8.79. The van der Waals surface area contributed by atoms with E-state index in [0.717, 1.165) is 38.8 Å². The van der Waals surface area contributed by atoms with E-state index in [1.807, 2.05) is 18.7 Å². The third-order valence-corrected chi connectivity index (χ3v) is 3.65. The summed E-state index contributed by atoms with van der Waals surface area (Å²) in [5, 5.41) is 15.1. The number of carboxylic acid groups (broad SMARTS) is 1. The molecule has 0 unspecified atom stereocenters. The van der Waals surface area contributed by atoms with E-state index in [4.69, 9.17) is 5.11 Å². The molecule has 1 fully saturated rings. The minimum atomic E-state index is -0.957. The van der Waals surface area contributed by atoms with Gasteiger partial charge in [0.05, 0.1) is 0 Å². The molecule has 0 aromatic heterocycles. The third kappa shape index (κ3) is 5.00. The number of nitrogens with one attached hydrogen (secondary N) is 2. The maximum absolute atomic E-state index is 12.4. The molecular formula is C14H27N3O3. The van der Waals surface area contributed by atoms with Crippen molar-refractivity contribution in [1.29, 1.82) is 0 Å². The van der Waals surface area contributed by atoms with E-state index in [1.165, 1.54) is 0 Å². The van der Waals surface area contributed by atoms with E-state index in [0.29, 0.717) is 13.0 Å². The van der Waals surface area contributed by atoms with Crippen LogP contribution in [0.15, 0.2) is 0 Å². The Hall–Kier alpha value is -1.30. The lowest BCUT2D eigenvalue weighted by molar-refractivity contribution is -0.139. The van der Waals surface area contributed by atoms with Crippen LogP contribution in [0.3, 0.4) is 0 Å². The van der Waals surface area contributed by atoms with Crippen molar-refractivity contribution >= 4 is 12.0 Å². The minimum Gasteiger partial charge on any atom is -0.480 e. The summed E-state index contributed by atoms with van der Waals surface area (Å²) in [4.78, 5) is 25.3. The van der Waals surface area contributed by atoms with Gasteiger partial charge < -0.3 is 20.6 Å². The topological polar surface area (TPSA) is 81.7 Å². The zero-order valence-corrected chi connectivity index (χ0v) is 12.5. The van der Waals surface area contributed by atoms with Crippen molar-refractivity contribution in [2.75, 3.05) is 19.6 Å². The zero-order valence-electron chi connectivity index (χ0n) is 12.5. The van der Waals surface area contributed by atoms with Crippen LogP contribution in [0.4, 0.5) is 4.79 Å². The molecule has 0 saturated carbocycles. The van der Waals surface area contributed by atoms with Gasteiger partial charge in [0.2, 0.25) is 0 Å². The highest BCUT2D eigenvalue weighted by molar-refractivity contribution is 5.82. The molecule has 0 aromatic carbocycles. The van der Waals surface area contributed by atoms with Crippen LogP contribution < -0.4 is 10.6 Å². The summed E-state index contributed by atoms with van der Waals surface area (Å²) in [7, 11) is 0. The quantitative estimate of drug-likeness (QED) is 0.660. The number of rotatable bonds is 7. The van der Waals surface area contributed by atoms with Gasteiger partial charge in [0, 0.05) is 12.6 Å². The summed E-state index contributed by atoms with van der Waals surface area (Å²) in [6.45, 7) is 6.45. The van der Waals surface area contributed by atoms with E-state index in [2.05, 4.69) is 10.6 Å². The van der Waals surface area contributed by atoms with Crippen LogP contribution in [0.1, 0.15) is 46.0 Å². The fraction of sp³-hybridized carbons (Fsp3) is 0.857. The van der Waals surface area contributed by atoms with Crippen molar-refractivity contribution in [1.82, 2.24) is 15.5 Å². The maximum atomic E-state index is 12.4. The molecule has 0 radical (unpaired) electrons. The first kappa shape index (κ1) is 16.8. The molecule has 1 saturated heterocycles. The van der Waals surface area contributed by atoms with Crippen LogP contribution in [0.2, 0.25) is 0 Å². The molecule has 6 nitrogen and oxygen atoms in total. The van der Waals surface area contributed by atoms with Crippen LogP contribution in [0.25, 0.3) is 0 Å². The number of carboxylic acids is 1. The highest BCUT2D eigenvalue weighted by Crippen LogP contribution is 2.13. The fourth-order valence-electron chi connectivity index (χ4n) is 2.59. The van der Waals surface area contributed by atoms with E-state index in [1.54, 1.807) is 0 Å². The molecule has 1 aliphatic heterocycles. The molecule has 20 heavy (non-hydrogen) atoms. The number of piperidine rings is 1. The monoisotopic (exact) mass is 285 g/mol. The second-order valence-corrected chi connectivity index (χ2v) is 5.30. The molecular weight excluding hydrogens is 258 g/mol. The first-order valence-electron chi connectivity index (χ1n) is 7.60. The highest BCUT2D eigenvalue weighted by atomic mass is 16.4. The van der Waals surface area contributed by atoms with E-state index < -0.39 is 12.0 Å². The number of hydrogen-bond donors (Lipinski definition) is 3. The standard InChI is InChI=1S/C14H27N3O3/c1-3-5-12(13(18)19)16-14(20)17(10-4-2)11-6-8-15-9-7-11/h11-12,15H,3-10H2,1-2H3,(H,16,20)(H,18,19)/t12-/m0/s1. The van der Waals surface area contributed by atoms with Crippen molar-refractivity contribution in [3.05, 3.63) is 0 Å². The Kier molecular flexibility index (Phi) is 7.36. The summed E-state index contributed by atoms with van der Waals surface area (Å²) in [5.41, 5.74) is 0. The molecule has 1 aliphatic rings. The molecule has 6 heteroatoms. The number of carbonyl (C=O) groups excluding carboxylic acids is 1. The predicted octanol–water partition coefficient (Wildman–Crippen LogP) is 1.41. The molecule has 1 atom stereocenters. The lowest BCUT2D eigenvalue weighted by Crippen LogP contribution is -2.53. The van der Waals surface area contributed by atoms with Crippen molar-refractivity contribution in [3.8, 4) is 0 Å². The van der Waals surface area contributed by atoms with Gasteiger partial charge in [-0.1, -0.05) is 20.3 Å². The lowest BCUT2D eigenvalue weighted by atomic mass is 10.0. The number of carbonyl (C=O) groups is 2. The lowest BCUT2D eigenvalue weighted by Gasteiger charge is -2.35. The summed E-state index contributed by atoms with van der Waals surface area (Å²) >= 11 is 0. The Morgan fingerprint density at radius 3 is 2.45 bits per heavy atom. The molecule has 0 aromatic rings. The summed E-state index contributed by atoms with van der Waals surface area (Å²) in [6.07, 6.45) is 3.94. The summed E-state index contributed by atoms with van der Waals surface area (Å²) < 4.78 is 0.